The Bertz CT molecular complexity index is 380. The molecule has 7 heteroatoms. The smallest absolute Gasteiger partial charge is 0.308 e. The molecule has 0 saturated carbocycles. The molecule has 0 amide bonds. The first-order valence-electron chi connectivity index (χ1n) is 4.92. The SMILES string of the molecule is CNS(=O)(=O)N1C2CCC1C(C(=O)O)C2. The predicted molar refractivity (Wildman–Crippen MR) is 52.4 cm³/mol. The predicted octanol–water partition coefficient (Wildman–Crippen LogP) is -0.612. The van der Waals surface area contributed by atoms with Crippen molar-refractivity contribution < 1.29 is 18.3 Å². The van der Waals surface area contributed by atoms with E-state index in [0.717, 1.165) is 6.42 Å². The zero-order chi connectivity index (χ0) is 11.2. The molecule has 15 heavy (non-hydrogen) atoms. The molecule has 0 spiro atoms. The number of carboxylic acids is 1. The molecule has 6 nitrogen and oxygen atoms in total. The van der Waals surface area contributed by atoms with Crippen molar-refractivity contribution in [2.75, 3.05) is 7.05 Å². The van der Waals surface area contributed by atoms with Crippen molar-refractivity contribution in [3.05, 3.63) is 0 Å². The van der Waals surface area contributed by atoms with E-state index < -0.39 is 22.1 Å². The third kappa shape index (κ3) is 1.54. The normalized spacial score (nSPS) is 35.9. The van der Waals surface area contributed by atoms with Gasteiger partial charge in [0.1, 0.15) is 0 Å². The highest BCUT2D eigenvalue weighted by Crippen LogP contribution is 2.43. The summed E-state index contributed by atoms with van der Waals surface area (Å²) in [4.78, 5) is 10.9. The lowest BCUT2D eigenvalue weighted by atomic mass is 9.89. The first kappa shape index (κ1) is 10.8. The first-order valence-corrected chi connectivity index (χ1v) is 6.36. The van der Waals surface area contributed by atoms with Crippen molar-refractivity contribution >= 4 is 16.2 Å². The van der Waals surface area contributed by atoms with E-state index in [1.165, 1.54) is 11.4 Å². The summed E-state index contributed by atoms with van der Waals surface area (Å²) in [6.45, 7) is 0. The maximum atomic E-state index is 11.7. The number of nitrogens with one attached hydrogen (secondary N) is 1. The van der Waals surface area contributed by atoms with Crippen molar-refractivity contribution in [1.82, 2.24) is 9.03 Å². The van der Waals surface area contributed by atoms with Crippen molar-refractivity contribution in [1.29, 1.82) is 0 Å². The molecular formula is C8H14N2O4S. The van der Waals surface area contributed by atoms with E-state index in [0.29, 0.717) is 12.8 Å². The second kappa shape index (κ2) is 3.43. The average Bonchev–Trinajstić information content (AvgIpc) is 2.74. The molecule has 2 bridgehead atoms. The molecule has 0 aromatic carbocycles. The van der Waals surface area contributed by atoms with E-state index in [4.69, 9.17) is 5.11 Å². The van der Waals surface area contributed by atoms with Crippen LogP contribution in [-0.4, -0.2) is 42.9 Å². The summed E-state index contributed by atoms with van der Waals surface area (Å²) >= 11 is 0. The fourth-order valence-electron chi connectivity index (χ4n) is 2.68. The summed E-state index contributed by atoms with van der Waals surface area (Å²) in [5.74, 6) is -1.43. The lowest BCUT2D eigenvalue weighted by Crippen LogP contribution is -2.43. The van der Waals surface area contributed by atoms with Gasteiger partial charge in [-0.2, -0.15) is 12.7 Å². The number of nitrogens with zero attached hydrogens (tertiary/aromatic N) is 1. The van der Waals surface area contributed by atoms with Crippen molar-refractivity contribution in [2.24, 2.45) is 5.92 Å². The lowest BCUT2D eigenvalue weighted by molar-refractivity contribution is -0.142. The molecule has 2 saturated heterocycles. The van der Waals surface area contributed by atoms with E-state index in [2.05, 4.69) is 4.72 Å². The van der Waals surface area contributed by atoms with Gasteiger partial charge in [-0.15, -0.1) is 0 Å². The Kier molecular flexibility index (Phi) is 2.48. The molecule has 0 aliphatic carbocycles. The van der Waals surface area contributed by atoms with Crippen LogP contribution in [0.1, 0.15) is 19.3 Å². The van der Waals surface area contributed by atoms with Crippen LogP contribution in [0, 0.1) is 5.92 Å². The minimum Gasteiger partial charge on any atom is -0.481 e. The molecule has 2 N–H and O–H groups in total. The molecular weight excluding hydrogens is 220 g/mol. The number of hydrogen-bond donors (Lipinski definition) is 2. The summed E-state index contributed by atoms with van der Waals surface area (Å²) < 4.78 is 26.9. The second-order valence-electron chi connectivity index (χ2n) is 4.02. The summed E-state index contributed by atoms with van der Waals surface area (Å²) in [5, 5.41) is 8.95. The summed E-state index contributed by atoms with van der Waals surface area (Å²) in [6, 6.07) is -0.488. The standard InChI is InChI=1S/C8H14N2O4S/c1-9-15(13,14)10-5-2-3-7(10)6(4-5)8(11)12/h5-7,9H,2-4H2,1H3,(H,11,12). The van der Waals surface area contributed by atoms with Crippen LogP contribution in [0.3, 0.4) is 0 Å². The van der Waals surface area contributed by atoms with Gasteiger partial charge in [-0.1, -0.05) is 0 Å². The zero-order valence-electron chi connectivity index (χ0n) is 8.38. The molecule has 3 atom stereocenters. The molecule has 2 fully saturated rings. The molecule has 2 aliphatic heterocycles. The Morgan fingerprint density at radius 3 is 2.60 bits per heavy atom. The zero-order valence-corrected chi connectivity index (χ0v) is 9.20. The van der Waals surface area contributed by atoms with Gasteiger partial charge in [0.2, 0.25) is 0 Å². The van der Waals surface area contributed by atoms with Gasteiger partial charge in [0.15, 0.2) is 0 Å². The van der Waals surface area contributed by atoms with Gasteiger partial charge in [-0.05, 0) is 19.3 Å². The molecule has 0 aromatic heterocycles. The second-order valence-corrected chi connectivity index (χ2v) is 5.80. The quantitative estimate of drug-likeness (QED) is 0.682. The van der Waals surface area contributed by atoms with E-state index in [9.17, 15) is 13.2 Å². The van der Waals surface area contributed by atoms with Crippen molar-refractivity contribution in [2.45, 2.75) is 31.3 Å². The Labute approximate surface area is 88.4 Å². The maximum absolute atomic E-state index is 11.7. The van der Waals surface area contributed by atoms with E-state index in [1.807, 2.05) is 0 Å². The van der Waals surface area contributed by atoms with Gasteiger partial charge in [-0.3, -0.25) is 4.79 Å². The first-order chi connectivity index (χ1) is 6.97. The highest BCUT2D eigenvalue weighted by Gasteiger charge is 2.53. The van der Waals surface area contributed by atoms with E-state index >= 15 is 0 Å². The van der Waals surface area contributed by atoms with Crippen LogP contribution in [0.4, 0.5) is 0 Å². The largest absolute Gasteiger partial charge is 0.481 e. The third-order valence-electron chi connectivity index (χ3n) is 3.33. The monoisotopic (exact) mass is 234 g/mol. The van der Waals surface area contributed by atoms with Gasteiger partial charge in [-0.25, -0.2) is 4.72 Å². The van der Waals surface area contributed by atoms with Crippen molar-refractivity contribution in [3.63, 3.8) is 0 Å². The van der Waals surface area contributed by atoms with Crippen LogP contribution < -0.4 is 4.72 Å². The Morgan fingerprint density at radius 1 is 1.47 bits per heavy atom. The fraction of sp³-hybridized carbons (Fsp3) is 0.875. The summed E-state index contributed by atoms with van der Waals surface area (Å²) in [7, 11) is -2.13. The number of carbonyl (C=O) groups is 1. The van der Waals surface area contributed by atoms with E-state index in [1.54, 1.807) is 0 Å². The third-order valence-corrected chi connectivity index (χ3v) is 4.97. The van der Waals surface area contributed by atoms with Gasteiger partial charge in [0.25, 0.3) is 10.2 Å². The molecule has 2 rings (SSSR count). The Hall–Kier alpha value is -0.660. The number of aliphatic carboxylic acids is 1. The number of carboxylic acid groups (broad SMARTS) is 1. The molecule has 2 heterocycles. The molecule has 2 aliphatic rings. The van der Waals surface area contributed by atoms with Gasteiger partial charge in [0.05, 0.1) is 5.92 Å². The molecule has 3 unspecified atom stereocenters. The Morgan fingerprint density at radius 2 is 2.13 bits per heavy atom. The highest BCUT2D eigenvalue weighted by molar-refractivity contribution is 7.87. The fourth-order valence-corrected chi connectivity index (χ4v) is 4.09. The van der Waals surface area contributed by atoms with E-state index in [-0.39, 0.29) is 12.1 Å². The van der Waals surface area contributed by atoms with Crippen LogP contribution >= 0.6 is 0 Å². The van der Waals surface area contributed by atoms with Gasteiger partial charge >= 0.3 is 5.97 Å². The minimum atomic E-state index is -3.48. The highest BCUT2D eigenvalue weighted by atomic mass is 32.2. The lowest BCUT2D eigenvalue weighted by Gasteiger charge is -2.21. The molecule has 86 valence electrons. The summed E-state index contributed by atoms with van der Waals surface area (Å²) in [6.07, 6.45) is 1.87. The average molecular weight is 234 g/mol. The molecule has 0 radical (unpaired) electrons. The van der Waals surface area contributed by atoms with Gasteiger partial charge in [0, 0.05) is 19.1 Å². The van der Waals surface area contributed by atoms with Crippen LogP contribution in [0.2, 0.25) is 0 Å². The minimum absolute atomic E-state index is 0.131. The Balaban J connectivity index is 2.28. The van der Waals surface area contributed by atoms with Crippen molar-refractivity contribution in [3.8, 4) is 0 Å². The maximum Gasteiger partial charge on any atom is 0.308 e. The number of fused-ring (bicyclic) bond motifs is 2. The number of rotatable bonds is 3. The van der Waals surface area contributed by atoms with Crippen LogP contribution in [0.5, 0.6) is 0 Å². The van der Waals surface area contributed by atoms with Crippen LogP contribution in [-0.2, 0) is 15.0 Å². The van der Waals surface area contributed by atoms with Gasteiger partial charge < -0.3 is 5.11 Å². The molecule has 0 aromatic rings. The summed E-state index contributed by atoms with van der Waals surface area (Å²) in [5.41, 5.74) is 0. The van der Waals surface area contributed by atoms with Crippen LogP contribution in [0.15, 0.2) is 0 Å². The topological polar surface area (TPSA) is 86.7 Å². The number of hydrogen-bond acceptors (Lipinski definition) is 3. The van der Waals surface area contributed by atoms with Crippen LogP contribution in [0.25, 0.3) is 0 Å².